The van der Waals surface area contributed by atoms with Gasteiger partial charge in [0, 0.05) is 16.4 Å². The van der Waals surface area contributed by atoms with Crippen LogP contribution in [0.3, 0.4) is 0 Å². The highest BCUT2D eigenvalue weighted by Gasteiger charge is 2.65. The first-order valence-corrected chi connectivity index (χ1v) is 12.3. The number of aryl methyl sites for hydroxylation is 1. The molecule has 1 amide bonds. The van der Waals surface area contributed by atoms with Crippen molar-refractivity contribution in [2.45, 2.75) is 36.5 Å². The van der Waals surface area contributed by atoms with Crippen molar-refractivity contribution in [3.8, 4) is 5.75 Å². The summed E-state index contributed by atoms with van der Waals surface area (Å²) in [6.45, 7) is 5.35. The van der Waals surface area contributed by atoms with Crippen LogP contribution in [0.2, 0.25) is 5.15 Å². The number of carbonyl (C=O) groups excluding carboxylic acids is 1. The molecule has 2 atom stereocenters. The van der Waals surface area contributed by atoms with Crippen LogP contribution >= 0.6 is 11.6 Å². The van der Waals surface area contributed by atoms with Crippen LogP contribution in [0.15, 0.2) is 53.4 Å². The first kappa shape index (κ1) is 23.5. The maximum atomic E-state index is 14.3. The Labute approximate surface area is 197 Å². The monoisotopic (exact) mass is 488 g/mol. The summed E-state index contributed by atoms with van der Waals surface area (Å²) in [5.74, 6) is -0.573. The SMILES string of the molecule is COc1ccc(C)cc1C1(C(N)=O)OCC(C)(C)C1S(=O)(=O)c1cccc2nc(Cl)ccc12. The summed E-state index contributed by atoms with van der Waals surface area (Å²) in [4.78, 5) is 17.4. The average Bonchev–Trinajstić information content (AvgIpc) is 3.05. The van der Waals surface area contributed by atoms with Gasteiger partial charge >= 0.3 is 0 Å². The van der Waals surface area contributed by atoms with Crippen LogP contribution in [-0.2, 0) is 25.0 Å². The number of hydrogen-bond donors (Lipinski definition) is 1. The molecule has 1 fully saturated rings. The van der Waals surface area contributed by atoms with Crippen molar-refractivity contribution in [3.05, 3.63) is 64.8 Å². The normalized spacial score (nSPS) is 22.4. The van der Waals surface area contributed by atoms with Gasteiger partial charge in [-0.3, -0.25) is 4.79 Å². The zero-order valence-electron chi connectivity index (χ0n) is 18.8. The van der Waals surface area contributed by atoms with E-state index in [1.165, 1.54) is 19.2 Å². The lowest BCUT2D eigenvalue weighted by atomic mass is 9.78. The summed E-state index contributed by atoms with van der Waals surface area (Å²) in [6, 6.07) is 13.1. The van der Waals surface area contributed by atoms with Crippen LogP contribution in [-0.4, -0.2) is 38.3 Å². The quantitative estimate of drug-likeness (QED) is 0.547. The highest BCUT2D eigenvalue weighted by molar-refractivity contribution is 7.92. The molecule has 2 N–H and O–H groups in total. The Morgan fingerprint density at radius 3 is 2.61 bits per heavy atom. The number of pyridine rings is 1. The van der Waals surface area contributed by atoms with E-state index < -0.39 is 32.0 Å². The molecule has 0 radical (unpaired) electrons. The Morgan fingerprint density at radius 2 is 1.94 bits per heavy atom. The molecule has 0 aliphatic carbocycles. The van der Waals surface area contributed by atoms with Gasteiger partial charge in [0.25, 0.3) is 5.91 Å². The van der Waals surface area contributed by atoms with Crippen molar-refractivity contribution in [1.29, 1.82) is 0 Å². The van der Waals surface area contributed by atoms with Crippen molar-refractivity contribution in [3.63, 3.8) is 0 Å². The summed E-state index contributed by atoms with van der Waals surface area (Å²) in [6.07, 6.45) is 0. The van der Waals surface area contributed by atoms with Crippen LogP contribution in [0.5, 0.6) is 5.75 Å². The van der Waals surface area contributed by atoms with Crippen molar-refractivity contribution in [1.82, 2.24) is 4.98 Å². The van der Waals surface area contributed by atoms with Crippen molar-refractivity contribution >= 4 is 38.2 Å². The second kappa shape index (κ2) is 7.97. The lowest BCUT2D eigenvalue weighted by molar-refractivity contribution is -0.138. The maximum absolute atomic E-state index is 14.3. The van der Waals surface area contributed by atoms with Gasteiger partial charge in [-0.05, 0) is 43.3 Å². The highest BCUT2D eigenvalue weighted by Crippen LogP contribution is 2.53. The Morgan fingerprint density at radius 1 is 1.21 bits per heavy atom. The molecule has 3 aromatic rings. The number of nitrogens with zero attached hydrogens (tertiary/aromatic N) is 1. The Balaban J connectivity index is 2.06. The van der Waals surface area contributed by atoms with Crippen LogP contribution in [0.1, 0.15) is 25.0 Å². The summed E-state index contributed by atoms with van der Waals surface area (Å²) in [7, 11) is -2.74. The fourth-order valence-corrected chi connectivity index (χ4v) is 7.59. The molecule has 0 bridgehead atoms. The third-order valence-electron chi connectivity index (χ3n) is 6.15. The van der Waals surface area contributed by atoms with Gasteiger partial charge in [-0.15, -0.1) is 0 Å². The van der Waals surface area contributed by atoms with Crippen LogP contribution in [0, 0.1) is 12.3 Å². The Bertz CT molecular complexity index is 1370. The number of primary amides is 1. The third-order valence-corrected chi connectivity index (χ3v) is 8.92. The molecule has 0 spiro atoms. The van der Waals surface area contributed by atoms with Gasteiger partial charge in [0.15, 0.2) is 15.4 Å². The summed E-state index contributed by atoms with van der Waals surface area (Å²) < 4.78 is 40.3. The second-order valence-electron chi connectivity index (χ2n) is 8.96. The van der Waals surface area contributed by atoms with Gasteiger partial charge in [-0.2, -0.15) is 0 Å². The second-order valence-corrected chi connectivity index (χ2v) is 11.4. The first-order valence-electron chi connectivity index (χ1n) is 10.3. The number of sulfone groups is 1. The Kier molecular flexibility index (Phi) is 5.67. The minimum absolute atomic E-state index is 0.00573. The maximum Gasteiger partial charge on any atom is 0.255 e. The molecule has 1 aliphatic rings. The lowest BCUT2D eigenvalue weighted by Crippen LogP contribution is -2.54. The number of amides is 1. The van der Waals surface area contributed by atoms with Gasteiger partial charge in [0.05, 0.1) is 24.1 Å². The van der Waals surface area contributed by atoms with Crippen LogP contribution in [0.4, 0.5) is 0 Å². The lowest BCUT2D eigenvalue weighted by Gasteiger charge is -2.36. The molecule has 7 nitrogen and oxygen atoms in total. The van der Waals surface area contributed by atoms with E-state index in [9.17, 15) is 13.2 Å². The Hall–Kier alpha value is -2.68. The molecule has 1 saturated heterocycles. The first-order chi connectivity index (χ1) is 15.4. The zero-order chi connectivity index (χ0) is 24.2. The van der Waals surface area contributed by atoms with Crippen LogP contribution in [0.25, 0.3) is 10.9 Å². The van der Waals surface area contributed by atoms with Crippen LogP contribution < -0.4 is 10.5 Å². The van der Waals surface area contributed by atoms with E-state index in [0.29, 0.717) is 16.7 Å². The number of nitrogens with two attached hydrogens (primary N) is 1. The standard InChI is InChI=1S/C24H25ClN2O5S/c1-14-8-10-18(31-4)16(12-14)24(22(26)28)21(23(2,3)13-32-24)33(29,30)19-7-5-6-17-15(19)9-11-20(25)27-17/h5-12,21H,13H2,1-4H3,(H2,26,28). The molecule has 9 heteroatoms. The molecular weight excluding hydrogens is 464 g/mol. The fourth-order valence-electron chi connectivity index (χ4n) is 4.78. The van der Waals surface area contributed by atoms with Gasteiger partial charge in [-0.1, -0.05) is 43.1 Å². The zero-order valence-corrected chi connectivity index (χ0v) is 20.3. The van der Waals surface area contributed by atoms with E-state index in [1.807, 2.05) is 6.92 Å². The number of halogens is 1. The topological polar surface area (TPSA) is 109 Å². The fraction of sp³-hybridized carbons (Fsp3) is 0.333. The smallest absolute Gasteiger partial charge is 0.255 e. The summed E-state index contributed by atoms with van der Waals surface area (Å²) in [5, 5.41) is -0.677. The summed E-state index contributed by atoms with van der Waals surface area (Å²) >= 11 is 6.02. The molecule has 1 aliphatic heterocycles. The molecule has 0 saturated carbocycles. The molecule has 1 aromatic heterocycles. The number of carbonyl (C=O) groups is 1. The highest BCUT2D eigenvalue weighted by atomic mass is 35.5. The van der Waals surface area contributed by atoms with E-state index in [4.69, 9.17) is 26.8 Å². The number of fused-ring (bicyclic) bond motifs is 1. The van der Waals surface area contributed by atoms with E-state index in [-0.39, 0.29) is 22.2 Å². The van der Waals surface area contributed by atoms with Gasteiger partial charge < -0.3 is 15.2 Å². The van der Waals surface area contributed by atoms with Gasteiger partial charge in [-0.25, -0.2) is 13.4 Å². The van der Waals surface area contributed by atoms with Crippen molar-refractivity contribution in [2.75, 3.05) is 13.7 Å². The number of aromatic nitrogens is 1. The molecule has 2 heterocycles. The van der Waals surface area contributed by atoms with Crippen molar-refractivity contribution in [2.24, 2.45) is 11.1 Å². The third kappa shape index (κ3) is 3.57. The van der Waals surface area contributed by atoms with E-state index >= 15 is 0 Å². The van der Waals surface area contributed by atoms with Crippen molar-refractivity contribution < 1.29 is 22.7 Å². The molecule has 4 rings (SSSR count). The minimum atomic E-state index is -4.19. The molecule has 2 aromatic carbocycles. The number of benzene rings is 2. The molecule has 174 valence electrons. The molecular formula is C24H25ClN2O5S. The predicted molar refractivity (Wildman–Crippen MR) is 126 cm³/mol. The minimum Gasteiger partial charge on any atom is -0.496 e. The van der Waals surface area contributed by atoms with Gasteiger partial charge in [0.2, 0.25) is 0 Å². The number of ether oxygens (including phenoxy) is 2. The number of methoxy groups -OCH3 is 1. The van der Waals surface area contributed by atoms with E-state index in [1.54, 1.807) is 50.2 Å². The predicted octanol–water partition coefficient (Wildman–Crippen LogP) is 3.78. The molecule has 2 unspecified atom stereocenters. The average molecular weight is 489 g/mol. The summed E-state index contributed by atoms with van der Waals surface area (Å²) in [5.41, 5.74) is 4.56. The number of hydrogen-bond acceptors (Lipinski definition) is 6. The van der Waals surface area contributed by atoms with E-state index in [0.717, 1.165) is 5.56 Å². The largest absolute Gasteiger partial charge is 0.496 e. The number of rotatable bonds is 5. The molecule has 33 heavy (non-hydrogen) atoms. The van der Waals surface area contributed by atoms with Gasteiger partial charge in [0.1, 0.15) is 16.2 Å². The van der Waals surface area contributed by atoms with E-state index in [2.05, 4.69) is 4.98 Å².